The van der Waals surface area contributed by atoms with Crippen molar-refractivity contribution < 1.29 is 9.53 Å². The zero-order valence-electron chi connectivity index (χ0n) is 15.0. The van der Waals surface area contributed by atoms with Crippen molar-refractivity contribution in [3.63, 3.8) is 0 Å². The Morgan fingerprint density at radius 2 is 2.18 bits per heavy atom. The third-order valence-corrected chi connectivity index (χ3v) is 4.40. The van der Waals surface area contributed by atoms with Gasteiger partial charge in [-0.05, 0) is 45.8 Å². The molecule has 0 bridgehead atoms. The number of hydrogen-bond donors (Lipinski definition) is 5. The van der Waals surface area contributed by atoms with E-state index in [9.17, 15) is 4.79 Å². The van der Waals surface area contributed by atoms with Crippen LogP contribution in [0.3, 0.4) is 0 Å². The van der Waals surface area contributed by atoms with E-state index >= 15 is 0 Å². The van der Waals surface area contributed by atoms with Gasteiger partial charge in [-0.2, -0.15) is 0 Å². The minimum atomic E-state index is -0.489. The number of nitrogens with two attached hydrogens (primary N) is 2. The number of benzene rings is 1. The number of carbonyl (C=O) groups excluding carboxylic acids is 1. The average Bonchev–Trinajstić information content (AvgIpc) is 2.68. The van der Waals surface area contributed by atoms with Gasteiger partial charge < -0.3 is 32.2 Å². The lowest BCUT2D eigenvalue weighted by atomic mass is 10.1. The van der Waals surface area contributed by atoms with Crippen LogP contribution in [0, 0.1) is 5.41 Å². The number of methoxy groups -OCH3 is 1. The number of nitrogens with zero attached hydrogens (tertiary/aromatic N) is 1. The van der Waals surface area contributed by atoms with Gasteiger partial charge in [-0.3, -0.25) is 4.79 Å². The molecule has 0 aliphatic rings. The third kappa shape index (κ3) is 5.69. The molecule has 1 unspecified atom stereocenters. The summed E-state index contributed by atoms with van der Waals surface area (Å²) < 4.78 is 5.83. The highest BCUT2D eigenvalue weighted by Crippen LogP contribution is 2.24. The summed E-state index contributed by atoms with van der Waals surface area (Å²) in [5.74, 6) is 0.199. The predicted octanol–water partition coefficient (Wildman–Crippen LogP) is 2.60. The summed E-state index contributed by atoms with van der Waals surface area (Å²) in [6, 6.07) is 6.50. The Morgan fingerprint density at radius 1 is 1.43 bits per heavy atom. The first-order valence-corrected chi connectivity index (χ1v) is 9.28. The number of nitrogens with one attached hydrogen (secondary N) is 3. The molecule has 1 atom stereocenters. The van der Waals surface area contributed by atoms with Crippen molar-refractivity contribution in [2.75, 3.05) is 19.4 Å². The van der Waals surface area contributed by atoms with Crippen LogP contribution in [0.25, 0.3) is 0 Å². The standard InChI is InChI=1S/C18H20BrClN6O2/c1-28-14-3-10(2-12(20)5-14)16(7-22)24-9-13(6-21)26-18(27)15-4-11(19)8-25-17(15)23/h2-6,8-9,16,21,24H,7,22H2,1H3,(H2,23,25)(H,26,27)/b13-9+,21-6?. The maximum absolute atomic E-state index is 12.4. The maximum Gasteiger partial charge on any atom is 0.259 e. The molecule has 0 saturated carbocycles. The summed E-state index contributed by atoms with van der Waals surface area (Å²) in [6.07, 6.45) is 3.97. The number of halogens is 2. The first-order valence-electron chi connectivity index (χ1n) is 8.11. The quantitative estimate of drug-likeness (QED) is 0.378. The van der Waals surface area contributed by atoms with Crippen molar-refractivity contribution in [2.24, 2.45) is 5.73 Å². The number of carbonyl (C=O) groups is 1. The zero-order valence-corrected chi connectivity index (χ0v) is 17.3. The van der Waals surface area contributed by atoms with Crippen LogP contribution < -0.4 is 26.8 Å². The van der Waals surface area contributed by atoms with Gasteiger partial charge in [0.15, 0.2) is 0 Å². The van der Waals surface area contributed by atoms with E-state index in [0.29, 0.717) is 15.2 Å². The van der Waals surface area contributed by atoms with Gasteiger partial charge >= 0.3 is 0 Å². The lowest BCUT2D eigenvalue weighted by Gasteiger charge is -2.18. The molecule has 8 nitrogen and oxygen atoms in total. The van der Waals surface area contributed by atoms with E-state index < -0.39 is 5.91 Å². The van der Waals surface area contributed by atoms with Crippen LogP contribution in [0.15, 0.2) is 46.8 Å². The lowest BCUT2D eigenvalue weighted by Crippen LogP contribution is -2.29. The Balaban J connectivity index is 2.17. The minimum absolute atomic E-state index is 0.0869. The molecule has 10 heteroatoms. The topological polar surface area (TPSA) is 139 Å². The minimum Gasteiger partial charge on any atom is -0.497 e. The molecule has 1 amide bonds. The molecule has 7 N–H and O–H groups in total. The van der Waals surface area contributed by atoms with Crippen LogP contribution in [0.4, 0.5) is 5.82 Å². The molecule has 2 aromatic rings. The largest absolute Gasteiger partial charge is 0.497 e. The molecule has 0 aliphatic carbocycles. The SMILES string of the molecule is COc1cc(Cl)cc(C(CN)N/C=C(\C=N)NC(=O)c2cc(Br)cnc2N)c1. The van der Waals surface area contributed by atoms with Gasteiger partial charge in [0.2, 0.25) is 0 Å². The smallest absolute Gasteiger partial charge is 0.259 e. The van der Waals surface area contributed by atoms with Gasteiger partial charge in [0.05, 0.1) is 24.4 Å². The number of aromatic nitrogens is 1. The van der Waals surface area contributed by atoms with E-state index in [4.69, 9.17) is 33.2 Å². The second-order valence-corrected chi connectivity index (χ2v) is 7.02. The predicted molar refractivity (Wildman–Crippen MR) is 114 cm³/mol. The van der Waals surface area contributed by atoms with E-state index in [2.05, 4.69) is 31.5 Å². The first kappa shape index (κ1) is 21.7. The van der Waals surface area contributed by atoms with Gasteiger partial charge in [0.1, 0.15) is 11.6 Å². The highest BCUT2D eigenvalue weighted by atomic mass is 79.9. The number of rotatable bonds is 8. The zero-order chi connectivity index (χ0) is 20.7. The fourth-order valence-corrected chi connectivity index (χ4v) is 2.90. The number of pyridine rings is 1. The van der Waals surface area contributed by atoms with Crippen molar-refractivity contribution in [2.45, 2.75) is 6.04 Å². The van der Waals surface area contributed by atoms with E-state index in [-0.39, 0.29) is 29.7 Å². The number of hydrogen-bond acceptors (Lipinski definition) is 7. The summed E-state index contributed by atoms with van der Waals surface area (Å²) in [7, 11) is 1.55. The van der Waals surface area contributed by atoms with Gasteiger partial charge in [-0.15, -0.1) is 0 Å². The third-order valence-electron chi connectivity index (χ3n) is 3.75. The monoisotopic (exact) mass is 466 g/mol. The second kappa shape index (κ2) is 10.1. The molecule has 1 aromatic carbocycles. The van der Waals surface area contributed by atoms with Crippen LogP contribution in [-0.2, 0) is 0 Å². The Bertz CT molecular complexity index is 906. The number of anilines is 1. The van der Waals surface area contributed by atoms with Gasteiger partial charge in [-0.25, -0.2) is 4.98 Å². The van der Waals surface area contributed by atoms with Crippen LogP contribution in [0.2, 0.25) is 5.02 Å². The molecule has 0 saturated heterocycles. The van der Waals surface area contributed by atoms with Crippen molar-refractivity contribution in [1.29, 1.82) is 5.41 Å². The molecule has 148 valence electrons. The van der Waals surface area contributed by atoms with E-state index in [1.54, 1.807) is 31.4 Å². The van der Waals surface area contributed by atoms with Gasteiger partial charge in [0, 0.05) is 34.7 Å². The van der Waals surface area contributed by atoms with E-state index in [1.807, 2.05) is 0 Å². The molecule has 0 fully saturated rings. The lowest BCUT2D eigenvalue weighted by molar-refractivity contribution is 0.0968. The summed E-state index contributed by atoms with van der Waals surface area (Å²) in [5.41, 5.74) is 12.8. The van der Waals surface area contributed by atoms with Crippen LogP contribution >= 0.6 is 27.5 Å². The van der Waals surface area contributed by atoms with Gasteiger partial charge in [-0.1, -0.05) is 11.6 Å². The van der Waals surface area contributed by atoms with Crippen LogP contribution in [-0.4, -0.2) is 30.8 Å². The number of amides is 1. The molecule has 1 heterocycles. The highest BCUT2D eigenvalue weighted by molar-refractivity contribution is 9.10. The molecular formula is C18H20BrClN6O2. The van der Waals surface area contributed by atoms with Crippen molar-refractivity contribution in [1.82, 2.24) is 15.6 Å². The molecule has 0 spiro atoms. The summed E-state index contributed by atoms with van der Waals surface area (Å²) in [5, 5.41) is 13.7. The van der Waals surface area contributed by atoms with Crippen LogP contribution in [0.5, 0.6) is 5.75 Å². The fraction of sp³-hybridized carbons (Fsp3) is 0.167. The van der Waals surface area contributed by atoms with Gasteiger partial charge in [0.25, 0.3) is 5.91 Å². The van der Waals surface area contributed by atoms with Crippen LogP contribution in [0.1, 0.15) is 22.0 Å². The first-order chi connectivity index (χ1) is 13.4. The molecule has 0 radical (unpaired) electrons. The number of allylic oxidation sites excluding steroid dienone is 1. The Morgan fingerprint density at radius 3 is 2.82 bits per heavy atom. The summed E-state index contributed by atoms with van der Waals surface area (Å²) in [6.45, 7) is 0.252. The Kier molecular flexibility index (Phi) is 7.80. The molecule has 28 heavy (non-hydrogen) atoms. The average molecular weight is 468 g/mol. The normalized spacial score (nSPS) is 12.2. The maximum atomic E-state index is 12.4. The van der Waals surface area contributed by atoms with Crippen molar-refractivity contribution in [3.05, 3.63) is 63.0 Å². The second-order valence-electron chi connectivity index (χ2n) is 5.66. The Hall–Kier alpha value is -2.62. The van der Waals surface area contributed by atoms with Crippen molar-refractivity contribution >= 4 is 45.5 Å². The number of ether oxygens (including phenoxy) is 1. The van der Waals surface area contributed by atoms with E-state index in [1.165, 1.54) is 12.4 Å². The molecule has 0 aliphatic heterocycles. The molecule has 1 aromatic heterocycles. The Labute approximate surface area is 175 Å². The highest BCUT2D eigenvalue weighted by Gasteiger charge is 2.14. The van der Waals surface area contributed by atoms with E-state index in [0.717, 1.165) is 11.8 Å². The fourth-order valence-electron chi connectivity index (χ4n) is 2.34. The summed E-state index contributed by atoms with van der Waals surface area (Å²) >= 11 is 9.35. The molecular weight excluding hydrogens is 448 g/mol. The summed E-state index contributed by atoms with van der Waals surface area (Å²) in [4.78, 5) is 16.3. The molecule has 2 rings (SSSR count). The number of nitrogen functional groups attached to an aromatic ring is 1. The van der Waals surface area contributed by atoms with Crippen molar-refractivity contribution in [3.8, 4) is 5.75 Å².